The van der Waals surface area contributed by atoms with E-state index in [9.17, 15) is 4.79 Å². The number of ether oxygens (including phenoxy) is 3. The van der Waals surface area contributed by atoms with Gasteiger partial charge in [0.05, 0.1) is 18.4 Å². The van der Waals surface area contributed by atoms with Crippen molar-refractivity contribution in [3.05, 3.63) is 16.5 Å². The number of halogens is 1. The molecule has 4 rings (SSSR count). The quantitative estimate of drug-likeness (QED) is 0.572. The summed E-state index contributed by atoms with van der Waals surface area (Å²) in [5.41, 5.74) is 0.352. The van der Waals surface area contributed by atoms with Crippen molar-refractivity contribution in [2.45, 2.75) is 115 Å². The van der Waals surface area contributed by atoms with E-state index in [4.69, 9.17) is 14.2 Å². The molecule has 1 amide bonds. The van der Waals surface area contributed by atoms with Gasteiger partial charge in [-0.05, 0) is 95.0 Å². The number of aromatic nitrogens is 2. The van der Waals surface area contributed by atoms with E-state index in [1.54, 1.807) is 6.20 Å². The molecule has 2 aliphatic heterocycles. The number of fused-ring (bicyclic) bond motifs is 2. The van der Waals surface area contributed by atoms with Gasteiger partial charge in [-0.15, -0.1) is 0 Å². The van der Waals surface area contributed by atoms with Crippen molar-refractivity contribution in [1.82, 2.24) is 14.9 Å². The molecule has 0 spiro atoms. The van der Waals surface area contributed by atoms with E-state index in [2.05, 4.69) is 25.9 Å². The molecule has 1 aromatic rings. The van der Waals surface area contributed by atoms with E-state index >= 15 is 0 Å². The van der Waals surface area contributed by atoms with Gasteiger partial charge in [-0.25, -0.2) is 14.8 Å². The minimum absolute atomic E-state index is 0.164. The average molecular weight is 496 g/mol. The van der Waals surface area contributed by atoms with Gasteiger partial charge >= 0.3 is 6.09 Å². The van der Waals surface area contributed by atoms with Crippen molar-refractivity contribution in [3.8, 4) is 5.88 Å². The van der Waals surface area contributed by atoms with Crippen molar-refractivity contribution in [2.24, 2.45) is 0 Å². The molecule has 3 fully saturated rings. The summed E-state index contributed by atoms with van der Waals surface area (Å²) in [5.74, 6) is 0.624. The summed E-state index contributed by atoms with van der Waals surface area (Å²) in [6.45, 7) is 7.69. The molecule has 0 N–H and O–H groups in total. The van der Waals surface area contributed by atoms with Crippen molar-refractivity contribution < 1.29 is 19.0 Å². The highest BCUT2D eigenvalue weighted by Gasteiger charge is 2.45. The van der Waals surface area contributed by atoms with Gasteiger partial charge in [0.25, 0.3) is 0 Å². The van der Waals surface area contributed by atoms with E-state index < -0.39 is 5.60 Å². The number of carbonyl (C=O) groups is 1. The molecule has 1 unspecified atom stereocenters. The standard InChI is InChI=1S/C23H34BrN3O4/c1-14-21(25-13-20(24)26-14)30-18-9-7-17(8-10-18)29-19-11-15-5-6-16(12-19)27(15)22(28)31-23(2,3)4/h13,15-19H,5-12H2,1-4H3/t15-,16+,17?,18?,19?. The highest BCUT2D eigenvalue weighted by Crippen LogP contribution is 2.39. The molecule has 3 heterocycles. The summed E-state index contributed by atoms with van der Waals surface area (Å²) in [4.78, 5) is 23.3. The lowest BCUT2D eigenvalue weighted by molar-refractivity contribution is -0.0815. The van der Waals surface area contributed by atoms with Crippen LogP contribution in [-0.2, 0) is 9.47 Å². The Bertz CT molecular complexity index is 778. The van der Waals surface area contributed by atoms with Crippen LogP contribution in [0.5, 0.6) is 5.88 Å². The maximum atomic E-state index is 12.6. The predicted octanol–water partition coefficient (Wildman–Crippen LogP) is 5.18. The molecule has 2 bridgehead atoms. The fourth-order valence-electron chi connectivity index (χ4n) is 5.13. The fourth-order valence-corrected chi connectivity index (χ4v) is 5.49. The van der Waals surface area contributed by atoms with Gasteiger partial charge in [0.15, 0.2) is 0 Å². The number of aryl methyl sites for hydroxylation is 1. The lowest BCUT2D eigenvalue weighted by Gasteiger charge is -2.41. The van der Waals surface area contributed by atoms with E-state index in [1.165, 1.54) is 0 Å². The molecule has 172 valence electrons. The van der Waals surface area contributed by atoms with Gasteiger partial charge in [0, 0.05) is 12.1 Å². The Morgan fingerprint density at radius 2 is 1.65 bits per heavy atom. The third-order valence-corrected chi connectivity index (χ3v) is 6.83. The third-order valence-electron chi connectivity index (χ3n) is 6.45. The first-order chi connectivity index (χ1) is 14.7. The second kappa shape index (κ2) is 9.22. The van der Waals surface area contributed by atoms with Crippen LogP contribution < -0.4 is 4.74 Å². The fraction of sp³-hybridized carbons (Fsp3) is 0.783. The largest absolute Gasteiger partial charge is 0.473 e. The molecule has 7 nitrogen and oxygen atoms in total. The Labute approximate surface area is 193 Å². The molecule has 31 heavy (non-hydrogen) atoms. The predicted molar refractivity (Wildman–Crippen MR) is 120 cm³/mol. The van der Waals surface area contributed by atoms with Crippen LogP contribution in [0.1, 0.15) is 77.8 Å². The molecule has 3 aliphatic rings. The minimum atomic E-state index is -0.453. The summed E-state index contributed by atoms with van der Waals surface area (Å²) in [6.07, 6.45) is 10.0. The lowest BCUT2D eigenvalue weighted by atomic mass is 9.93. The van der Waals surface area contributed by atoms with Crippen molar-refractivity contribution >= 4 is 22.0 Å². The number of carbonyl (C=O) groups excluding carboxylic acids is 1. The zero-order valence-electron chi connectivity index (χ0n) is 19.0. The van der Waals surface area contributed by atoms with Gasteiger partial charge < -0.3 is 19.1 Å². The molecule has 1 aromatic heterocycles. The molecule has 0 radical (unpaired) electrons. The van der Waals surface area contributed by atoms with E-state index in [-0.39, 0.29) is 36.5 Å². The Morgan fingerprint density at radius 3 is 2.23 bits per heavy atom. The summed E-state index contributed by atoms with van der Waals surface area (Å²) < 4.78 is 19.0. The molecular weight excluding hydrogens is 462 g/mol. The first-order valence-electron chi connectivity index (χ1n) is 11.5. The summed E-state index contributed by atoms with van der Waals surface area (Å²) in [5, 5.41) is 0. The summed E-state index contributed by atoms with van der Waals surface area (Å²) >= 11 is 3.34. The van der Waals surface area contributed by atoms with Gasteiger partial charge in [0.2, 0.25) is 5.88 Å². The zero-order valence-corrected chi connectivity index (χ0v) is 20.6. The van der Waals surface area contributed by atoms with Gasteiger partial charge in [-0.1, -0.05) is 0 Å². The van der Waals surface area contributed by atoms with E-state index in [1.807, 2.05) is 32.6 Å². The van der Waals surface area contributed by atoms with Crippen LogP contribution in [0.15, 0.2) is 10.8 Å². The Balaban J connectivity index is 1.24. The molecular formula is C23H34BrN3O4. The van der Waals surface area contributed by atoms with Crippen LogP contribution in [0.2, 0.25) is 0 Å². The average Bonchev–Trinajstić information content (AvgIpc) is 2.95. The third kappa shape index (κ3) is 5.69. The topological polar surface area (TPSA) is 73.8 Å². The van der Waals surface area contributed by atoms with Gasteiger partial charge in [-0.2, -0.15) is 0 Å². The van der Waals surface area contributed by atoms with Crippen molar-refractivity contribution in [3.63, 3.8) is 0 Å². The van der Waals surface area contributed by atoms with Crippen LogP contribution in [0.3, 0.4) is 0 Å². The number of amides is 1. The van der Waals surface area contributed by atoms with Crippen LogP contribution in [0, 0.1) is 6.92 Å². The second-order valence-electron chi connectivity index (χ2n) is 10.1. The zero-order chi connectivity index (χ0) is 22.2. The Kier molecular flexibility index (Phi) is 6.77. The normalized spacial score (nSPS) is 30.9. The van der Waals surface area contributed by atoms with E-state index in [0.29, 0.717) is 5.88 Å². The summed E-state index contributed by atoms with van der Waals surface area (Å²) in [6, 6.07) is 0.495. The highest BCUT2D eigenvalue weighted by molar-refractivity contribution is 9.10. The first-order valence-corrected chi connectivity index (χ1v) is 12.3. The molecule has 1 saturated carbocycles. The Morgan fingerprint density at radius 1 is 1.03 bits per heavy atom. The summed E-state index contributed by atoms with van der Waals surface area (Å²) in [7, 11) is 0. The Hall–Kier alpha value is -1.41. The van der Waals surface area contributed by atoms with Crippen molar-refractivity contribution in [1.29, 1.82) is 0 Å². The second-order valence-corrected chi connectivity index (χ2v) is 10.9. The lowest BCUT2D eigenvalue weighted by Crippen LogP contribution is -2.50. The molecule has 8 heteroatoms. The van der Waals surface area contributed by atoms with Crippen LogP contribution in [-0.4, -0.2) is 57.0 Å². The van der Waals surface area contributed by atoms with Crippen LogP contribution in [0.4, 0.5) is 4.79 Å². The SMILES string of the molecule is Cc1nc(Br)cnc1OC1CCC(OC2C[C@H]3CC[C@@H](C2)N3C(=O)OC(C)(C)C)CC1. The number of rotatable bonds is 4. The van der Waals surface area contributed by atoms with Crippen LogP contribution >= 0.6 is 15.9 Å². The minimum Gasteiger partial charge on any atom is -0.473 e. The smallest absolute Gasteiger partial charge is 0.410 e. The maximum absolute atomic E-state index is 12.6. The molecule has 3 atom stereocenters. The monoisotopic (exact) mass is 495 g/mol. The molecule has 1 aliphatic carbocycles. The van der Waals surface area contributed by atoms with Gasteiger partial charge in [-0.3, -0.25) is 0 Å². The molecule has 0 aromatic carbocycles. The van der Waals surface area contributed by atoms with E-state index in [0.717, 1.165) is 61.7 Å². The first kappa shape index (κ1) is 22.8. The van der Waals surface area contributed by atoms with Crippen molar-refractivity contribution in [2.75, 3.05) is 0 Å². The highest BCUT2D eigenvalue weighted by atomic mass is 79.9. The maximum Gasteiger partial charge on any atom is 0.410 e. The van der Waals surface area contributed by atoms with Crippen LogP contribution in [0.25, 0.3) is 0 Å². The number of nitrogens with zero attached hydrogens (tertiary/aromatic N) is 3. The number of piperidine rings is 1. The molecule has 2 saturated heterocycles. The number of hydrogen-bond acceptors (Lipinski definition) is 6. The number of hydrogen-bond donors (Lipinski definition) is 0. The van der Waals surface area contributed by atoms with Gasteiger partial charge in [0.1, 0.15) is 22.0 Å².